The number of pyridine rings is 1. The first-order valence-electron chi connectivity index (χ1n) is 6.45. The fourth-order valence-corrected chi connectivity index (χ4v) is 3.98. The number of thiophene rings is 1. The van der Waals surface area contributed by atoms with Crippen molar-refractivity contribution in [2.75, 3.05) is 17.6 Å². The number of benzene rings is 1. The van der Waals surface area contributed by atoms with E-state index in [4.69, 9.17) is 5.73 Å². The van der Waals surface area contributed by atoms with Gasteiger partial charge in [0.1, 0.15) is 0 Å². The van der Waals surface area contributed by atoms with Gasteiger partial charge in [0.15, 0.2) is 0 Å². The minimum absolute atomic E-state index is 0.742. The monoisotopic (exact) mass is 425 g/mol. The van der Waals surface area contributed by atoms with Gasteiger partial charge in [-0.3, -0.25) is 4.98 Å². The van der Waals surface area contributed by atoms with Gasteiger partial charge in [0, 0.05) is 33.2 Å². The summed E-state index contributed by atoms with van der Waals surface area (Å²) in [5.41, 5.74) is 8.69. The van der Waals surface area contributed by atoms with Gasteiger partial charge in [-0.25, -0.2) is 0 Å². The lowest BCUT2D eigenvalue weighted by Crippen LogP contribution is -2.05. The highest BCUT2D eigenvalue weighted by atomic mass is 79.9. The number of rotatable bonds is 4. The van der Waals surface area contributed by atoms with Crippen molar-refractivity contribution in [3.8, 4) is 0 Å². The van der Waals surface area contributed by atoms with E-state index in [2.05, 4.69) is 54.3 Å². The fraction of sp³-hybridized carbons (Fsp3) is 0.133. The molecule has 1 aromatic carbocycles. The molecule has 0 aliphatic carbocycles. The van der Waals surface area contributed by atoms with Crippen LogP contribution in [-0.4, -0.2) is 11.5 Å². The average Bonchev–Trinajstić information content (AvgIpc) is 2.87. The van der Waals surface area contributed by atoms with Crippen LogP contribution in [0, 0.1) is 0 Å². The number of fused-ring (bicyclic) bond motifs is 1. The van der Waals surface area contributed by atoms with E-state index in [1.807, 2.05) is 18.2 Å². The van der Waals surface area contributed by atoms with Crippen molar-refractivity contribution >= 4 is 65.5 Å². The predicted molar refractivity (Wildman–Crippen MR) is 98.1 cm³/mol. The minimum Gasteiger partial charge on any atom is -0.398 e. The second kappa shape index (κ2) is 6.34. The molecule has 0 fully saturated rings. The number of nitrogens with two attached hydrogens (primary N) is 1. The Bertz CT molecular complexity index is 786. The standard InChI is InChI=1S/C15H13Br2N3S/c16-9-7-11-12(18)2-3-13(15(11)20-8-9)19-6-5-10-1-4-14(17)21-10/h1-4,7-8,19H,5-6,18H2. The highest BCUT2D eigenvalue weighted by Gasteiger charge is 2.06. The van der Waals surface area contributed by atoms with Crippen LogP contribution in [0.1, 0.15) is 4.88 Å². The van der Waals surface area contributed by atoms with E-state index >= 15 is 0 Å². The molecule has 2 heterocycles. The van der Waals surface area contributed by atoms with E-state index in [0.29, 0.717) is 0 Å². The van der Waals surface area contributed by atoms with Gasteiger partial charge in [0.25, 0.3) is 0 Å². The molecular weight excluding hydrogens is 414 g/mol. The summed E-state index contributed by atoms with van der Waals surface area (Å²) in [5, 5.41) is 4.42. The lowest BCUT2D eigenvalue weighted by Gasteiger charge is -2.10. The summed E-state index contributed by atoms with van der Waals surface area (Å²) >= 11 is 8.69. The molecule has 0 saturated carbocycles. The molecule has 3 N–H and O–H groups in total. The highest BCUT2D eigenvalue weighted by Crippen LogP contribution is 2.29. The number of hydrogen-bond donors (Lipinski definition) is 2. The van der Waals surface area contributed by atoms with Crippen LogP contribution >= 0.6 is 43.2 Å². The molecule has 108 valence electrons. The average molecular weight is 427 g/mol. The number of nitrogens with zero attached hydrogens (tertiary/aromatic N) is 1. The smallest absolute Gasteiger partial charge is 0.0954 e. The van der Waals surface area contributed by atoms with Gasteiger partial charge in [-0.05, 0) is 68.6 Å². The Morgan fingerprint density at radius 3 is 2.81 bits per heavy atom. The topological polar surface area (TPSA) is 50.9 Å². The summed E-state index contributed by atoms with van der Waals surface area (Å²) in [4.78, 5) is 5.83. The molecule has 3 aromatic rings. The largest absolute Gasteiger partial charge is 0.398 e. The first-order valence-corrected chi connectivity index (χ1v) is 8.85. The third kappa shape index (κ3) is 3.39. The van der Waals surface area contributed by atoms with Crippen molar-refractivity contribution in [2.24, 2.45) is 0 Å². The van der Waals surface area contributed by atoms with Crippen LogP contribution in [0.2, 0.25) is 0 Å². The molecular formula is C15H13Br2N3S. The van der Waals surface area contributed by atoms with Crippen molar-refractivity contribution in [2.45, 2.75) is 6.42 Å². The Labute approximate surface area is 143 Å². The van der Waals surface area contributed by atoms with E-state index in [-0.39, 0.29) is 0 Å². The second-order valence-corrected chi connectivity index (χ2v) is 8.10. The van der Waals surface area contributed by atoms with Crippen LogP contribution in [0.5, 0.6) is 0 Å². The molecule has 6 heteroatoms. The van der Waals surface area contributed by atoms with E-state index in [9.17, 15) is 0 Å². The Hall–Kier alpha value is -1.11. The Morgan fingerprint density at radius 1 is 1.19 bits per heavy atom. The number of aromatic nitrogens is 1. The first-order chi connectivity index (χ1) is 10.1. The molecule has 0 bridgehead atoms. The predicted octanol–water partition coefficient (Wildman–Crippen LogP) is 5.06. The van der Waals surface area contributed by atoms with Crippen molar-refractivity contribution < 1.29 is 0 Å². The van der Waals surface area contributed by atoms with Crippen LogP contribution in [0.15, 0.2) is 44.8 Å². The zero-order chi connectivity index (χ0) is 14.8. The van der Waals surface area contributed by atoms with Gasteiger partial charge in [-0.15, -0.1) is 11.3 Å². The number of halogens is 2. The van der Waals surface area contributed by atoms with Gasteiger partial charge in [-0.1, -0.05) is 0 Å². The summed E-state index contributed by atoms with van der Waals surface area (Å²) in [6.07, 6.45) is 2.78. The normalized spacial score (nSPS) is 11.0. The molecule has 2 aromatic heterocycles. The van der Waals surface area contributed by atoms with Crippen LogP contribution in [0.4, 0.5) is 11.4 Å². The molecule has 0 spiro atoms. The van der Waals surface area contributed by atoms with Gasteiger partial charge < -0.3 is 11.1 Å². The maximum Gasteiger partial charge on any atom is 0.0954 e. The second-order valence-electron chi connectivity index (χ2n) is 4.63. The summed E-state index contributed by atoms with van der Waals surface area (Å²) in [7, 11) is 0. The Kier molecular flexibility index (Phi) is 4.47. The van der Waals surface area contributed by atoms with Crippen molar-refractivity contribution in [3.05, 3.63) is 49.7 Å². The van der Waals surface area contributed by atoms with Crippen LogP contribution in [0.25, 0.3) is 10.9 Å². The van der Waals surface area contributed by atoms with Gasteiger partial charge in [0.05, 0.1) is 15.0 Å². The maximum atomic E-state index is 6.02. The molecule has 0 aliphatic heterocycles. The van der Waals surface area contributed by atoms with Crippen molar-refractivity contribution in [1.29, 1.82) is 0 Å². The molecule has 21 heavy (non-hydrogen) atoms. The number of nitrogen functional groups attached to an aromatic ring is 1. The molecule has 0 unspecified atom stereocenters. The lowest BCUT2D eigenvalue weighted by molar-refractivity contribution is 1.05. The van der Waals surface area contributed by atoms with E-state index in [0.717, 1.165) is 39.7 Å². The van der Waals surface area contributed by atoms with Crippen LogP contribution in [0.3, 0.4) is 0 Å². The number of anilines is 2. The lowest BCUT2D eigenvalue weighted by atomic mass is 10.1. The minimum atomic E-state index is 0.742. The van der Waals surface area contributed by atoms with E-state index in [1.165, 1.54) is 8.66 Å². The summed E-state index contributed by atoms with van der Waals surface area (Å²) < 4.78 is 2.10. The molecule has 3 nitrogen and oxygen atoms in total. The van der Waals surface area contributed by atoms with Crippen molar-refractivity contribution in [1.82, 2.24) is 4.98 Å². The Balaban J connectivity index is 1.79. The van der Waals surface area contributed by atoms with Crippen LogP contribution in [-0.2, 0) is 6.42 Å². The zero-order valence-corrected chi connectivity index (χ0v) is 15.1. The van der Waals surface area contributed by atoms with Crippen molar-refractivity contribution in [3.63, 3.8) is 0 Å². The summed E-state index contributed by atoms with van der Waals surface area (Å²) in [6, 6.07) is 10.1. The number of nitrogens with one attached hydrogen (secondary N) is 1. The van der Waals surface area contributed by atoms with Gasteiger partial charge in [-0.2, -0.15) is 0 Å². The molecule has 0 amide bonds. The third-order valence-electron chi connectivity index (χ3n) is 3.17. The summed E-state index contributed by atoms with van der Waals surface area (Å²) in [5.74, 6) is 0. The quantitative estimate of drug-likeness (QED) is 0.573. The SMILES string of the molecule is Nc1ccc(NCCc2ccc(Br)s2)c2ncc(Br)cc12. The van der Waals surface area contributed by atoms with E-state index in [1.54, 1.807) is 17.5 Å². The Morgan fingerprint density at radius 2 is 2.05 bits per heavy atom. The number of hydrogen-bond acceptors (Lipinski definition) is 4. The van der Waals surface area contributed by atoms with Gasteiger partial charge in [0.2, 0.25) is 0 Å². The molecule has 0 atom stereocenters. The molecule has 3 rings (SSSR count). The van der Waals surface area contributed by atoms with Gasteiger partial charge >= 0.3 is 0 Å². The maximum absolute atomic E-state index is 6.02. The highest BCUT2D eigenvalue weighted by molar-refractivity contribution is 9.11. The molecule has 0 aliphatic rings. The third-order valence-corrected chi connectivity index (χ3v) is 5.28. The molecule has 0 saturated heterocycles. The molecule has 0 radical (unpaired) electrons. The summed E-state index contributed by atoms with van der Waals surface area (Å²) in [6.45, 7) is 0.865. The fourth-order valence-electron chi connectivity index (χ4n) is 2.16. The van der Waals surface area contributed by atoms with Crippen LogP contribution < -0.4 is 11.1 Å². The van der Waals surface area contributed by atoms with E-state index < -0.39 is 0 Å². The first kappa shape index (κ1) is 14.8. The zero-order valence-electron chi connectivity index (χ0n) is 11.1.